The molecule has 2 aromatic rings. The first kappa shape index (κ1) is 14.2. The fourth-order valence-corrected chi connectivity index (χ4v) is 2.29. The van der Waals surface area contributed by atoms with Crippen molar-refractivity contribution in [1.29, 1.82) is 0 Å². The zero-order valence-corrected chi connectivity index (χ0v) is 11.7. The van der Waals surface area contributed by atoms with Gasteiger partial charge < -0.3 is 27.0 Å². The Labute approximate surface area is 113 Å². The van der Waals surface area contributed by atoms with Crippen molar-refractivity contribution in [2.75, 3.05) is 0 Å². The molecule has 0 aliphatic carbocycles. The fraction of sp³-hybridized carbons (Fsp3) is 0.222. The summed E-state index contributed by atoms with van der Waals surface area (Å²) in [5, 5.41) is 9.52. The Hall–Kier alpha value is 0.156. The maximum Gasteiger partial charge on any atom is 2.00 e. The van der Waals surface area contributed by atoms with Crippen LogP contribution in [0.2, 0.25) is 0 Å². The summed E-state index contributed by atoms with van der Waals surface area (Å²) in [6, 6.07) is 8.01. The molecule has 0 spiro atoms. The second-order valence-corrected chi connectivity index (χ2v) is 3.61. The molecule has 0 N–H and O–H groups in total. The molecule has 70 valence electrons. The standard InChI is InChI=1S/C9H9N2S.BrH.Mg/c1-2-11-7-5-3-4-6-8(7)12-9(11)10;;/h3-6H,2H2,1H3;1H;/q-1;;+2/p-1. The van der Waals surface area contributed by atoms with Crippen LogP contribution in [0.15, 0.2) is 24.3 Å². The van der Waals surface area contributed by atoms with Gasteiger partial charge in [-0.05, 0) is 22.9 Å². The van der Waals surface area contributed by atoms with Crippen molar-refractivity contribution in [3.8, 4) is 0 Å². The van der Waals surface area contributed by atoms with Crippen LogP contribution in [0.5, 0.6) is 0 Å². The zero-order valence-electron chi connectivity index (χ0n) is 7.90. The Morgan fingerprint density at radius 1 is 1.36 bits per heavy atom. The molecular formula is C9H9BrMgN2S. The van der Waals surface area contributed by atoms with E-state index in [1.165, 1.54) is 11.3 Å². The second kappa shape index (κ2) is 5.90. The third kappa shape index (κ3) is 2.39. The van der Waals surface area contributed by atoms with Gasteiger partial charge >= 0.3 is 23.1 Å². The molecule has 2 rings (SSSR count). The third-order valence-electron chi connectivity index (χ3n) is 1.90. The molecule has 14 heavy (non-hydrogen) atoms. The Morgan fingerprint density at radius 2 is 2.00 bits per heavy atom. The van der Waals surface area contributed by atoms with E-state index in [-0.39, 0.29) is 40.0 Å². The summed E-state index contributed by atoms with van der Waals surface area (Å²) in [4.78, 5) is 0.388. The number of para-hydroxylation sites is 1. The summed E-state index contributed by atoms with van der Waals surface area (Å²) < 4.78 is 3.04. The van der Waals surface area contributed by atoms with Crippen LogP contribution in [0, 0.1) is 0 Å². The molecule has 1 heterocycles. The van der Waals surface area contributed by atoms with E-state index in [0.717, 1.165) is 16.8 Å². The van der Waals surface area contributed by atoms with Crippen LogP contribution in [0.4, 0.5) is 0 Å². The summed E-state index contributed by atoms with van der Waals surface area (Å²) in [5.41, 5.74) is 1.11. The molecule has 0 bridgehead atoms. The molecule has 0 saturated heterocycles. The van der Waals surface area contributed by atoms with Crippen molar-refractivity contribution in [2.45, 2.75) is 13.5 Å². The largest absolute Gasteiger partial charge is 2.00 e. The quantitative estimate of drug-likeness (QED) is 0.588. The van der Waals surface area contributed by atoms with Gasteiger partial charge in [0.05, 0.1) is 0 Å². The second-order valence-electron chi connectivity index (χ2n) is 2.60. The minimum absolute atomic E-state index is 0. The van der Waals surface area contributed by atoms with Crippen molar-refractivity contribution in [2.24, 2.45) is 0 Å². The summed E-state index contributed by atoms with van der Waals surface area (Å²) in [7, 11) is 0. The molecular weight excluding hydrogens is 272 g/mol. The minimum Gasteiger partial charge on any atom is -1.00 e. The number of nitrogens with zero attached hydrogens (tertiary/aromatic N) is 2. The maximum absolute atomic E-state index is 9.52. The van der Waals surface area contributed by atoms with Gasteiger partial charge in [0.25, 0.3) is 0 Å². The van der Waals surface area contributed by atoms with Gasteiger partial charge in [0.1, 0.15) is 0 Å². The van der Waals surface area contributed by atoms with Crippen molar-refractivity contribution < 1.29 is 17.0 Å². The molecule has 0 amide bonds. The SMILES string of the molecule is CCn1c(=[N-])sc2ccccc21.[Br-].[Mg+2]. The zero-order chi connectivity index (χ0) is 8.55. The van der Waals surface area contributed by atoms with Gasteiger partial charge in [-0.2, -0.15) is 0 Å². The van der Waals surface area contributed by atoms with Crippen molar-refractivity contribution in [1.82, 2.24) is 4.57 Å². The Balaban J connectivity index is 0.000000845. The summed E-state index contributed by atoms with van der Waals surface area (Å²) in [6.45, 7) is 2.84. The number of aryl methyl sites for hydroxylation is 1. The van der Waals surface area contributed by atoms with Gasteiger partial charge in [-0.1, -0.05) is 25.1 Å². The Morgan fingerprint density at radius 3 is 2.64 bits per heavy atom. The van der Waals surface area contributed by atoms with E-state index >= 15 is 0 Å². The van der Waals surface area contributed by atoms with E-state index in [9.17, 15) is 5.41 Å². The summed E-state index contributed by atoms with van der Waals surface area (Å²) in [5.74, 6) is 0. The molecule has 0 aliphatic rings. The number of rotatable bonds is 1. The molecule has 0 aliphatic heterocycles. The number of hydrogen-bond acceptors (Lipinski definition) is 1. The van der Waals surface area contributed by atoms with Crippen molar-refractivity contribution >= 4 is 44.6 Å². The van der Waals surface area contributed by atoms with Crippen LogP contribution in [0.1, 0.15) is 6.92 Å². The molecule has 0 fully saturated rings. The molecule has 0 radical (unpaired) electrons. The average Bonchev–Trinajstić information content (AvgIpc) is 2.40. The van der Waals surface area contributed by atoms with E-state index in [4.69, 9.17) is 0 Å². The van der Waals surface area contributed by atoms with Crippen LogP contribution in [-0.4, -0.2) is 27.6 Å². The smallest absolute Gasteiger partial charge is 1.00 e. The first-order valence-electron chi connectivity index (χ1n) is 3.93. The molecule has 1 aromatic heterocycles. The van der Waals surface area contributed by atoms with E-state index in [1.54, 1.807) is 0 Å². The molecule has 1 aromatic carbocycles. The predicted molar refractivity (Wildman–Crippen MR) is 57.7 cm³/mol. The summed E-state index contributed by atoms with van der Waals surface area (Å²) >= 11 is 1.42. The van der Waals surface area contributed by atoms with Crippen LogP contribution >= 0.6 is 11.3 Å². The van der Waals surface area contributed by atoms with E-state index in [0.29, 0.717) is 4.80 Å². The van der Waals surface area contributed by atoms with Gasteiger partial charge in [0.2, 0.25) is 0 Å². The average molecular weight is 281 g/mol. The third-order valence-corrected chi connectivity index (χ3v) is 2.87. The molecule has 2 nitrogen and oxygen atoms in total. The van der Waals surface area contributed by atoms with Crippen LogP contribution in [0.3, 0.4) is 0 Å². The number of hydrogen-bond donors (Lipinski definition) is 0. The molecule has 0 saturated carbocycles. The monoisotopic (exact) mass is 280 g/mol. The first-order valence-corrected chi connectivity index (χ1v) is 4.75. The van der Waals surface area contributed by atoms with Gasteiger partial charge in [0.15, 0.2) is 0 Å². The van der Waals surface area contributed by atoms with Crippen LogP contribution in [0.25, 0.3) is 15.6 Å². The first-order chi connectivity index (χ1) is 5.83. The number of fused-ring (bicyclic) bond motifs is 1. The van der Waals surface area contributed by atoms with E-state index in [1.807, 2.05) is 35.8 Å². The molecule has 5 heteroatoms. The van der Waals surface area contributed by atoms with Crippen molar-refractivity contribution in [3.63, 3.8) is 0 Å². The normalized spacial score (nSPS) is 9.21. The van der Waals surface area contributed by atoms with Crippen LogP contribution < -0.4 is 21.8 Å². The van der Waals surface area contributed by atoms with Gasteiger partial charge in [-0.3, -0.25) is 0 Å². The van der Waals surface area contributed by atoms with Crippen LogP contribution in [-0.2, 0) is 6.54 Å². The number of thiazole rings is 1. The maximum atomic E-state index is 9.52. The number of benzene rings is 1. The van der Waals surface area contributed by atoms with E-state index in [2.05, 4.69) is 0 Å². The molecule has 0 atom stereocenters. The number of aromatic nitrogens is 1. The van der Waals surface area contributed by atoms with Crippen molar-refractivity contribution in [3.05, 3.63) is 34.5 Å². The Bertz CT molecular complexity index is 463. The fourth-order valence-electron chi connectivity index (χ4n) is 1.33. The number of halogens is 1. The predicted octanol–water partition coefficient (Wildman–Crippen LogP) is -1.18. The summed E-state index contributed by atoms with van der Waals surface area (Å²) in [6.07, 6.45) is 0. The van der Waals surface area contributed by atoms with Gasteiger partial charge in [-0.25, -0.2) is 0 Å². The van der Waals surface area contributed by atoms with Gasteiger partial charge in [0, 0.05) is 4.70 Å². The van der Waals surface area contributed by atoms with E-state index < -0.39 is 0 Å². The topological polar surface area (TPSA) is 27.2 Å². The minimum atomic E-state index is 0. The Kier molecular flexibility index (Phi) is 5.96. The molecule has 0 unspecified atom stereocenters. The van der Waals surface area contributed by atoms with Gasteiger partial charge in [-0.15, -0.1) is 11.3 Å².